The van der Waals surface area contributed by atoms with Crippen LogP contribution < -0.4 is 5.43 Å². The molecule has 0 saturated heterocycles. The number of para-hydroxylation sites is 1. The van der Waals surface area contributed by atoms with E-state index in [1.54, 1.807) is 19.9 Å². The van der Waals surface area contributed by atoms with Crippen molar-refractivity contribution >= 4 is 23.3 Å². The lowest BCUT2D eigenvalue weighted by atomic mass is 9.68. The fraction of sp³-hybridized carbons (Fsp3) is 0.320. The first kappa shape index (κ1) is 22.3. The number of nitrogens with zero attached hydrogens (tertiary/aromatic N) is 1. The largest absolute Gasteiger partial charge is 0.466 e. The van der Waals surface area contributed by atoms with Crippen LogP contribution in [0, 0.1) is 11.8 Å². The van der Waals surface area contributed by atoms with Gasteiger partial charge in [0.1, 0.15) is 5.92 Å². The van der Waals surface area contributed by atoms with Crippen LogP contribution in [0.1, 0.15) is 32.3 Å². The second-order valence-electron chi connectivity index (χ2n) is 7.30. The van der Waals surface area contributed by atoms with Crippen LogP contribution in [0.4, 0.5) is 5.69 Å². The Morgan fingerprint density at radius 2 is 1.42 bits per heavy atom. The van der Waals surface area contributed by atoms with Crippen LogP contribution in [0.25, 0.3) is 0 Å². The number of ether oxygens (including phenoxy) is 2. The summed E-state index contributed by atoms with van der Waals surface area (Å²) in [5, 5.41) is 4.54. The van der Waals surface area contributed by atoms with Crippen molar-refractivity contribution in [3.05, 3.63) is 77.9 Å². The summed E-state index contributed by atoms with van der Waals surface area (Å²) in [6, 6.07) is 19.0. The van der Waals surface area contributed by atoms with Crippen LogP contribution in [0.2, 0.25) is 0 Å². The number of hydrogen-bond acceptors (Lipinski definition) is 6. The van der Waals surface area contributed by atoms with Crippen molar-refractivity contribution in [3.63, 3.8) is 0 Å². The van der Waals surface area contributed by atoms with Gasteiger partial charge in [-0.1, -0.05) is 54.1 Å². The molecule has 0 spiro atoms. The van der Waals surface area contributed by atoms with E-state index < -0.39 is 23.7 Å². The van der Waals surface area contributed by atoms with Crippen LogP contribution in [-0.4, -0.2) is 30.9 Å². The third kappa shape index (κ3) is 5.20. The smallest absolute Gasteiger partial charge is 0.315 e. The molecule has 6 heteroatoms. The molecule has 0 aromatic heterocycles. The number of allylic oxidation sites excluding steroid dienone is 1. The number of rotatable bonds is 7. The SMILES string of the molecule is CCOC(=O)C1C(C)=CC(=NNc2ccccc2)C(C(=O)OCC)C1c1ccccc1. The predicted molar refractivity (Wildman–Crippen MR) is 121 cm³/mol. The molecule has 6 nitrogen and oxygen atoms in total. The number of anilines is 1. The number of nitrogens with one attached hydrogen (secondary N) is 1. The monoisotopic (exact) mass is 420 g/mol. The molecule has 0 radical (unpaired) electrons. The molecular formula is C25H28N2O4. The number of carbonyl (C=O) groups excluding carboxylic acids is 2. The van der Waals surface area contributed by atoms with Crippen molar-refractivity contribution in [1.82, 2.24) is 0 Å². The van der Waals surface area contributed by atoms with Crippen molar-refractivity contribution in [2.45, 2.75) is 26.7 Å². The second-order valence-corrected chi connectivity index (χ2v) is 7.30. The maximum atomic E-state index is 13.1. The third-order valence-corrected chi connectivity index (χ3v) is 5.26. The van der Waals surface area contributed by atoms with E-state index in [1.807, 2.05) is 67.6 Å². The van der Waals surface area contributed by atoms with E-state index in [0.717, 1.165) is 16.8 Å². The molecule has 1 aliphatic carbocycles. The minimum atomic E-state index is -0.753. The standard InChI is InChI=1S/C25H28N2O4/c1-4-30-24(28)21-17(3)16-20(27-26-19-14-10-7-11-15-19)23(25(29)31-5-2)22(21)18-12-8-6-9-13-18/h6-16,21-23,26H,4-5H2,1-3H3. The van der Waals surface area contributed by atoms with Crippen LogP contribution in [0.15, 0.2) is 77.4 Å². The normalized spacial score (nSPS) is 21.8. The van der Waals surface area contributed by atoms with Gasteiger partial charge in [-0.05, 0) is 44.5 Å². The maximum absolute atomic E-state index is 13.1. The van der Waals surface area contributed by atoms with E-state index in [2.05, 4.69) is 10.5 Å². The van der Waals surface area contributed by atoms with Gasteiger partial charge in [0, 0.05) is 5.92 Å². The Balaban J connectivity index is 2.11. The molecule has 3 atom stereocenters. The van der Waals surface area contributed by atoms with E-state index in [1.165, 1.54) is 0 Å². The molecule has 162 valence electrons. The van der Waals surface area contributed by atoms with Crippen molar-refractivity contribution < 1.29 is 19.1 Å². The van der Waals surface area contributed by atoms with Crippen LogP contribution in [-0.2, 0) is 19.1 Å². The Hall–Kier alpha value is -3.41. The Labute approximate surface area is 183 Å². The summed E-state index contributed by atoms with van der Waals surface area (Å²) in [5.74, 6) is -2.61. The summed E-state index contributed by atoms with van der Waals surface area (Å²) in [6.45, 7) is 5.92. The van der Waals surface area contributed by atoms with Gasteiger partial charge in [-0.25, -0.2) is 0 Å². The van der Waals surface area contributed by atoms with Gasteiger partial charge in [0.05, 0.1) is 30.5 Å². The fourth-order valence-corrected chi connectivity index (χ4v) is 3.94. The highest BCUT2D eigenvalue weighted by Gasteiger charge is 2.46. The zero-order valence-corrected chi connectivity index (χ0v) is 18.1. The Kier molecular flexibility index (Phi) is 7.60. The summed E-state index contributed by atoms with van der Waals surface area (Å²) in [5.41, 5.74) is 6.00. The number of benzene rings is 2. The predicted octanol–water partition coefficient (Wildman–Crippen LogP) is 4.56. The van der Waals surface area contributed by atoms with Gasteiger partial charge >= 0.3 is 11.9 Å². The lowest BCUT2D eigenvalue weighted by molar-refractivity contribution is -0.150. The van der Waals surface area contributed by atoms with Crippen LogP contribution in [0.3, 0.4) is 0 Å². The first-order chi connectivity index (χ1) is 15.1. The van der Waals surface area contributed by atoms with Crippen molar-refractivity contribution in [1.29, 1.82) is 0 Å². The zero-order chi connectivity index (χ0) is 22.2. The highest BCUT2D eigenvalue weighted by molar-refractivity contribution is 6.11. The molecule has 1 aliphatic rings. The molecule has 2 aromatic carbocycles. The lowest BCUT2D eigenvalue weighted by Crippen LogP contribution is -2.42. The van der Waals surface area contributed by atoms with Crippen LogP contribution >= 0.6 is 0 Å². The highest BCUT2D eigenvalue weighted by atomic mass is 16.5. The van der Waals surface area contributed by atoms with E-state index in [9.17, 15) is 9.59 Å². The van der Waals surface area contributed by atoms with E-state index in [4.69, 9.17) is 9.47 Å². The Bertz CT molecular complexity index is 954. The first-order valence-corrected chi connectivity index (χ1v) is 10.5. The molecule has 0 amide bonds. The summed E-state index contributed by atoms with van der Waals surface area (Å²) >= 11 is 0. The molecular weight excluding hydrogens is 392 g/mol. The number of hydrazone groups is 1. The minimum Gasteiger partial charge on any atom is -0.466 e. The van der Waals surface area contributed by atoms with Gasteiger partial charge < -0.3 is 9.47 Å². The lowest BCUT2D eigenvalue weighted by Gasteiger charge is -2.36. The minimum absolute atomic E-state index is 0.239. The summed E-state index contributed by atoms with van der Waals surface area (Å²) in [6.07, 6.45) is 1.79. The first-order valence-electron chi connectivity index (χ1n) is 10.5. The Morgan fingerprint density at radius 1 is 0.871 bits per heavy atom. The average molecular weight is 421 g/mol. The average Bonchev–Trinajstić information content (AvgIpc) is 2.78. The van der Waals surface area contributed by atoms with Crippen LogP contribution in [0.5, 0.6) is 0 Å². The quantitative estimate of drug-likeness (QED) is 0.525. The zero-order valence-electron chi connectivity index (χ0n) is 18.1. The number of carbonyl (C=O) groups is 2. The molecule has 2 aromatic rings. The molecule has 0 fully saturated rings. The van der Waals surface area contributed by atoms with Gasteiger partial charge in [-0.2, -0.15) is 5.10 Å². The van der Waals surface area contributed by atoms with E-state index in [-0.39, 0.29) is 19.2 Å². The molecule has 31 heavy (non-hydrogen) atoms. The van der Waals surface area contributed by atoms with Gasteiger partial charge in [0.15, 0.2) is 0 Å². The Morgan fingerprint density at radius 3 is 2.00 bits per heavy atom. The number of hydrogen-bond donors (Lipinski definition) is 1. The molecule has 0 heterocycles. The summed E-state index contributed by atoms with van der Waals surface area (Å²) in [4.78, 5) is 26.1. The molecule has 3 rings (SSSR count). The third-order valence-electron chi connectivity index (χ3n) is 5.26. The summed E-state index contributed by atoms with van der Waals surface area (Å²) in [7, 11) is 0. The second kappa shape index (κ2) is 10.6. The van der Waals surface area contributed by atoms with Crippen molar-refractivity contribution in [3.8, 4) is 0 Å². The molecule has 0 bridgehead atoms. The van der Waals surface area contributed by atoms with E-state index in [0.29, 0.717) is 5.71 Å². The summed E-state index contributed by atoms with van der Waals surface area (Å²) < 4.78 is 10.8. The number of esters is 2. The van der Waals surface area contributed by atoms with Gasteiger partial charge in [0.2, 0.25) is 0 Å². The molecule has 3 unspecified atom stereocenters. The molecule has 1 N–H and O–H groups in total. The van der Waals surface area contributed by atoms with Gasteiger partial charge in [-0.15, -0.1) is 0 Å². The van der Waals surface area contributed by atoms with Gasteiger partial charge in [-0.3, -0.25) is 15.0 Å². The highest BCUT2D eigenvalue weighted by Crippen LogP contribution is 2.42. The molecule has 0 saturated carbocycles. The van der Waals surface area contributed by atoms with Gasteiger partial charge in [0.25, 0.3) is 0 Å². The fourth-order valence-electron chi connectivity index (χ4n) is 3.94. The van der Waals surface area contributed by atoms with Crippen molar-refractivity contribution in [2.75, 3.05) is 18.6 Å². The molecule has 0 aliphatic heterocycles. The maximum Gasteiger partial charge on any atom is 0.315 e. The van der Waals surface area contributed by atoms with E-state index >= 15 is 0 Å². The van der Waals surface area contributed by atoms with Crippen molar-refractivity contribution in [2.24, 2.45) is 16.9 Å². The topological polar surface area (TPSA) is 77.0 Å².